The van der Waals surface area contributed by atoms with Gasteiger partial charge in [0.15, 0.2) is 5.78 Å². The number of nitrogens with zero attached hydrogens (tertiary/aromatic N) is 2. The van der Waals surface area contributed by atoms with E-state index in [2.05, 4.69) is 25.9 Å². The van der Waals surface area contributed by atoms with Crippen molar-refractivity contribution in [2.75, 3.05) is 0 Å². The predicted molar refractivity (Wildman–Crippen MR) is 69.2 cm³/mol. The molecule has 2 rings (SSSR count). The normalized spacial score (nSPS) is 10.2. The summed E-state index contributed by atoms with van der Waals surface area (Å²) in [5, 5.41) is 0.319. The van der Waals surface area contributed by atoms with Crippen LogP contribution in [0.5, 0.6) is 0 Å². The summed E-state index contributed by atoms with van der Waals surface area (Å²) < 4.78 is 0.889. The van der Waals surface area contributed by atoms with Crippen LogP contribution in [0.15, 0.2) is 41.1 Å². The molecule has 0 bridgehead atoms. The Morgan fingerprint density at radius 1 is 1.29 bits per heavy atom. The highest BCUT2D eigenvalue weighted by molar-refractivity contribution is 9.10. The highest BCUT2D eigenvalue weighted by Crippen LogP contribution is 2.12. The summed E-state index contributed by atoms with van der Waals surface area (Å²) in [5.41, 5.74) is 1.28. The van der Waals surface area contributed by atoms with Crippen LogP contribution in [-0.2, 0) is 6.42 Å². The molecule has 0 aromatic carbocycles. The van der Waals surface area contributed by atoms with Crippen LogP contribution < -0.4 is 0 Å². The van der Waals surface area contributed by atoms with Gasteiger partial charge in [0.2, 0.25) is 0 Å². The van der Waals surface area contributed by atoms with Crippen molar-refractivity contribution in [3.63, 3.8) is 0 Å². The summed E-state index contributed by atoms with van der Waals surface area (Å²) in [7, 11) is 0. The van der Waals surface area contributed by atoms with E-state index in [1.807, 2.05) is 12.1 Å². The number of Topliss-reactive ketones (excluding diaryl/α,β-unsaturated/α-hetero) is 1. The third kappa shape index (κ3) is 3.35. The van der Waals surface area contributed by atoms with Crippen molar-refractivity contribution in [2.24, 2.45) is 0 Å². The smallest absolute Gasteiger partial charge is 0.168 e. The average Bonchev–Trinajstić information content (AvgIpc) is 2.32. The third-order valence-corrected chi connectivity index (χ3v) is 2.85. The van der Waals surface area contributed by atoms with E-state index in [1.165, 1.54) is 6.20 Å². The molecule has 0 aliphatic rings. The number of carbonyl (C=O) groups excluding carboxylic acids is 1. The standard InChI is InChI=1S/C12H8BrClN2O/c13-9-1-2-10(16-7-9)6-11(17)8-3-4-15-12(14)5-8/h1-5,7H,6H2. The number of rotatable bonds is 3. The summed E-state index contributed by atoms with van der Waals surface area (Å²) in [5.74, 6) is -0.0240. The van der Waals surface area contributed by atoms with Gasteiger partial charge in [-0.05, 0) is 40.2 Å². The molecule has 5 heteroatoms. The maximum atomic E-state index is 11.9. The van der Waals surface area contributed by atoms with Crippen molar-refractivity contribution >= 4 is 33.3 Å². The Morgan fingerprint density at radius 3 is 2.76 bits per heavy atom. The fourth-order valence-corrected chi connectivity index (χ4v) is 1.76. The minimum atomic E-state index is -0.0240. The van der Waals surface area contributed by atoms with Crippen LogP contribution >= 0.6 is 27.5 Å². The summed E-state index contributed by atoms with van der Waals surface area (Å²) in [6.07, 6.45) is 3.44. The van der Waals surface area contributed by atoms with Gasteiger partial charge in [-0.15, -0.1) is 0 Å². The summed E-state index contributed by atoms with van der Waals surface area (Å²) in [6.45, 7) is 0. The predicted octanol–water partition coefficient (Wildman–Crippen LogP) is 3.32. The van der Waals surface area contributed by atoms with E-state index in [-0.39, 0.29) is 12.2 Å². The monoisotopic (exact) mass is 310 g/mol. The number of carbonyl (C=O) groups is 1. The van der Waals surface area contributed by atoms with E-state index in [4.69, 9.17) is 11.6 Å². The van der Waals surface area contributed by atoms with Crippen LogP contribution in [0.25, 0.3) is 0 Å². The molecule has 0 N–H and O–H groups in total. The van der Waals surface area contributed by atoms with E-state index in [1.54, 1.807) is 18.3 Å². The quantitative estimate of drug-likeness (QED) is 0.645. The first-order valence-corrected chi connectivity index (χ1v) is 6.07. The lowest BCUT2D eigenvalue weighted by atomic mass is 10.1. The first-order valence-electron chi connectivity index (χ1n) is 4.90. The number of pyridine rings is 2. The number of hydrogen-bond donors (Lipinski definition) is 0. The average molecular weight is 312 g/mol. The second kappa shape index (κ2) is 5.38. The zero-order valence-electron chi connectivity index (χ0n) is 8.73. The number of ketones is 1. The fraction of sp³-hybridized carbons (Fsp3) is 0.0833. The van der Waals surface area contributed by atoms with Crippen molar-refractivity contribution in [3.8, 4) is 0 Å². The molecular formula is C12H8BrClN2O. The highest BCUT2D eigenvalue weighted by atomic mass is 79.9. The van der Waals surface area contributed by atoms with E-state index >= 15 is 0 Å². The Balaban J connectivity index is 2.14. The fourth-order valence-electron chi connectivity index (χ4n) is 1.35. The van der Waals surface area contributed by atoms with E-state index in [0.29, 0.717) is 10.7 Å². The molecule has 86 valence electrons. The molecule has 2 aromatic rings. The minimum Gasteiger partial charge on any atom is -0.294 e. The highest BCUT2D eigenvalue weighted by Gasteiger charge is 2.08. The molecular weight excluding hydrogens is 304 g/mol. The van der Waals surface area contributed by atoms with Gasteiger partial charge in [0.1, 0.15) is 5.15 Å². The Bertz CT molecular complexity index is 542. The second-order valence-electron chi connectivity index (χ2n) is 3.43. The van der Waals surface area contributed by atoms with Gasteiger partial charge in [0.25, 0.3) is 0 Å². The molecule has 3 nitrogen and oxygen atoms in total. The lowest BCUT2D eigenvalue weighted by molar-refractivity contribution is 0.0992. The van der Waals surface area contributed by atoms with Gasteiger partial charge in [0.05, 0.1) is 6.42 Å². The van der Waals surface area contributed by atoms with Crippen molar-refractivity contribution in [1.29, 1.82) is 0 Å². The molecule has 2 heterocycles. The molecule has 0 aliphatic heterocycles. The van der Waals surface area contributed by atoms with Gasteiger partial charge in [-0.3, -0.25) is 9.78 Å². The molecule has 2 aromatic heterocycles. The van der Waals surface area contributed by atoms with Crippen LogP contribution in [0.4, 0.5) is 0 Å². The first-order chi connectivity index (χ1) is 8.15. The Hall–Kier alpha value is -1.26. The van der Waals surface area contributed by atoms with Crippen LogP contribution in [-0.4, -0.2) is 15.8 Å². The second-order valence-corrected chi connectivity index (χ2v) is 4.74. The molecule has 0 unspecified atom stereocenters. The maximum Gasteiger partial charge on any atom is 0.168 e. The van der Waals surface area contributed by atoms with E-state index in [0.717, 1.165) is 10.2 Å². The number of halogens is 2. The Kier molecular flexibility index (Phi) is 3.86. The molecule has 0 saturated carbocycles. The van der Waals surface area contributed by atoms with Gasteiger partial charge in [0, 0.05) is 28.1 Å². The molecule has 0 aliphatic carbocycles. The molecule has 0 amide bonds. The van der Waals surface area contributed by atoms with E-state index in [9.17, 15) is 4.79 Å². The van der Waals surface area contributed by atoms with Crippen LogP contribution in [0, 0.1) is 0 Å². The molecule has 17 heavy (non-hydrogen) atoms. The number of aromatic nitrogens is 2. The zero-order chi connectivity index (χ0) is 12.3. The topological polar surface area (TPSA) is 42.9 Å². The van der Waals surface area contributed by atoms with Crippen LogP contribution in [0.2, 0.25) is 5.15 Å². The van der Waals surface area contributed by atoms with Crippen molar-refractivity contribution in [2.45, 2.75) is 6.42 Å². The van der Waals surface area contributed by atoms with Crippen molar-refractivity contribution in [1.82, 2.24) is 9.97 Å². The van der Waals surface area contributed by atoms with Crippen molar-refractivity contribution < 1.29 is 4.79 Å². The molecule has 0 radical (unpaired) electrons. The summed E-state index contributed by atoms with van der Waals surface area (Å²) in [6, 6.07) is 6.87. The van der Waals surface area contributed by atoms with Gasteiger partial charge in [-0.2, -0.15) is 0 Å². The van der Waals surface area contributed by atoms with Crippen LogP contribution in [0.3, 0.4) is 0 Å². The minimum absolute atomic E-state index is 0.0240. The molecule has 0 saturated heterocycles. The summed E-state index contributed by atoms with van der Waals surface area (Å²) in [4.78, 5) is 19.9. The summed E-state index contributed by atoms with van der Waals surface area (Å²) >= 11 is 9.02. The van der Waals surface area contributed by atoms with E-state index < -0.39 is 0 Å². The lowest BCUT2D eigenvalue weighted by Gasteiger charge is -2.01. The van der Waals surface area contributed by atoms with Crippen LogP contribution in [0.1, 0.15) is 16.1 Å². The zero-order valence-corrected chi connectivity index (χ0v) is 11.1. The SMILES string of the molecule is O=C(Cc1ccc(Br)cn1)c1ccnc(Cl)c1. The maximum absolute atomic E-state index is 11.9. The van der Waals surface area contributed by atoms with Gasteiger partial charge >= 0.3 is 0 Å². The first kappa shape index (κ1) is 12.2. The lowest BCUT2D eigenvalue weighted by Crippen LogP contribution is -2.05. The Morgan fingerprint density at radius 2 is 2.12 bits per heavy atom. The molecule has 0 fully saturated rings. The van der Waals surface area contributed by atoms with Crippen molar-refractivity contribution in [3.05, 3.63) is 57.5 Å². The molecule has 0 atom stereocenters. The van der Waals surface area contributed by atoms with Gasteiger partial charge in [-0.1, -0.05) is 11.6 Å². The van der Waals surface area contributed by atoms with Gasteiger partial charge in [-0.25, -0.2) is 4.98 Å². The van der Waals surface area contributed by atoms with Gasteiger partial charge < -0.3 is 0 Å². The Labute approximate surface area is 112 Å². The third-order valence-electron chi connectivity index (χ3n) is 2.18. The number of hydrogen-bond acceptors (Lipinski definition) is 3. The largest absolute Gasteiger partial charge is 0.294 e. The molecule has 0 spiro atoms.